The van der Waals surface area contributed by atoms with Crippen molar-refractivity contribution in [3.8, 4) is 0 Å². The van der Waals surface area contributed by atoms with Crippen LogP contribution in [0.25, 0.3) is 0 Å². The van der Waals surface area contributed by atoms with Crippen molar-refractivity contribution >= 4 is 11.7 Å². The zero-order valence-electron chi connectivity index (χ0n) is 9.80. The number of nitrogens with zero attached hydrogens (tertiary/aromatic N) is 2. The van der Waals surface area contributed by atoms with E-state index in [0.717, 1.165) is 13.1 Å². The molecule has 2 N–H and O–H groups in total. The fraction of sp³-hybridized carbons (Fsp3) is 0.462. The Labute approximate surface area is 101 Å². The molecule has 0 amide bonds. The first-order valence-electron chi connectivity index (χ1n) is 6.12. The van der Waals surface area contributed by atoms with Crippen molar-refractivity contribution in [3.63, 3.8) is 0 Å². The third-order valence-electron chi connectivity index (χ3n) is 3.37. The maximum Gasteiger partial charge on any atom is 0.282 e. The smallest absolute Gasteiger partial charge is 0.282 e. The van der Waals surface area contributed by atoms with E-state index in [9.17, 15) is 0 Å². The van der Waals surface area contributed by atoms with Gasteiger partial charge in [-0.05, 0) is 24.5 Å². The number of amidine groups is 1. The van der Waals surface area contributed by atoms with Crippen LogP contribution in [0.3, 0.4) is 0 Å². The van der Waals surface area contributed by atoms with Gasteiger partial charge in [0.25, 0.3) is 6.02 Å². The van der Waals surface area contributed by atoms with Gasteiger partial charge in [0.05, 0.1) is 0 Å². The van der Waals surface area contributed by atoms with Gasteiger partial charge in [-0.25, -0.2) is 4.99 Å². The predicted octanol–water partition coefficient (Wildman–Crippen LogP) is 1.15. The molecule has 90 valence electrons. The highest BCUT2D eigenvalue weighted by molar-refractivity contribution is 5.73. The number of rotatable bonds is 2. The standard InChI is InChI=1S/C13H17N3O/c14-13-15-11(9-17-13)8-16-7-3-5-10-4-1-2-6-12(10)16/h1-2,4,6,11H,3,5,7-9H2,(H2,14,15)/t11-/m1/s1. The lowest BCUT2D eigenvalue weighted by Gasteiger charge is -2.32. The molecule has 17 heavy (non-hydrogen) atoms. The first-order chi connectivity index (χ1) is 8.33. The summed E-state index contributed by atoms with van der Waals surface area (Å²) in [7, 11) is 0. The molecule has 4 nitrogen and oxygen atoms in total. The third-order valence-corrected chi connectivity index (χ3v) is 3.37. The summed E-state index contributed by atoms with van der Waals surface area (Å²) in [5, 5.41) is 0. The Hall–Kier alpha value is -1.71. The zero-order valence-corrected chi connectivity index (χ0v) is 9.80. The van der Waals surface area contributed by atoms with E-state index < -0.39 is 0 Å². The Kier molecular flexibility index (Phi) is 2.63. The molecule has 3 rings (SSSR count). The lowest BCUT2D eigenvalue weighted by Crippen LogP contribution is -2.36. The van der Waals surface area contributed by atoms with Crippen LogP contribution >= 0.6 is 0 Å². The highest BCUT2D eigenvalue weighted by atomic mass is 16.5. The van der Waals surface area contributed by atoms with E-state index in [2.05, 4.69) is 34.2 Å². The molecule has 0 spiro atoms. The van der Waals surface area contributed by atoms with Crippen LogP contribution in [0, 0.1) is 0 Å². The Bertz CT molecular complexity index is 444. The average Bonchev–Trinajstić information content (AvgIpc) is 2.75. The summed E-state index contributed by atoms with van der Waals surface area (Å²) in [6.45, 7) is 2.62. The van der Waals surface area contributed by atoms with Gasteiger partial charge in [-0.15, -0.1) is 0 Å². The maximum atomic E-state index is 5.53. The molecule has 0 bridgehead atoms. The van der Waals surface area contributed by atoms with Crippen LogP contribution in [0.15, 0.2) is 29.3 Å². The van der Waals surface area contributed by atoms with Gasteiger partial charge in [-0.3, -0.25) is 0 Å². The van der Waals surface area contributed by atoms with Gasteiger partial charge < -0.3 is 15.4 Å². The average molecular weight is 231 g/mol. The molecular weight excluding hydrogens is 214 g/mol. The van der Waals surface area contributed by atoms with Crippen LogP contribution in [0.5, 0.6) is 0 Å². The number of ether oxygens (including phenoxy) is 1. The number of hydrogen-bond donors (Lipinski definition) is 1. The Balaban J connectivity index is 1.77. The van der Waals surface area contributed by atoms with Crippen molar-refractivity contribution in [1.82, 2.24) is 0 Å². The van der Waals surface area contributed by atoms with E-state index in [4.69, 9.17) is 10.5 Å². The summed E-state index contributed by atoms with van der Waals surface area (Å²) in [5.41, 5.74) is 8.32. The molecule has 0 aliphatic carbocycles. The van der Waals surface area contributed by atoms with E-state index >= 15 is 0 Å². The van der Waals surface area contributed by atoms with E-state index in [1.165, 1.54) is 24.1 Å². The summed E-state index contributed by atoms with van der Waals surface area (Å²) in [4.78, 5) is 6.68. The molecule has 0 fully saturated rings. The van der Waals surface area contributed by atoms with E-state index in [1.807, 2.05) is 0 Å². The normalized spacial score (nSPS) is 22.9. The van der Waals surface area contributed by atoms with Gasteiger partial charge >= 0.3 is 0 Å². The van der Waals surface area contributed by atoms with Gasteiger partial charge in [0, 0.05) is 18.8 Å². The minimum absolute atomic E-state index is 0.182. The fourth-order valence-corrected chi connectivity index (χ4v) is 2.59. The van der Waals surface area contributed by atoms with Crippen LogP contribution in [0.4, 0.5) is 5.69 Å². The Morgan fingerprint density at radius 2 is 2.29 bits per heavy atom. The molecule has 0 aromatic heterocycles. The van der Waals surface area contributed by atoms with E-state index in [1.54, 1.807) is 0 Å². The summed E-state index contributed by atoms with van der Waals surface area (Å²) < 4.78 is 5.20. The van der Waals surface area contributed by atoms with Gasteiger partial charge in [-0.2, -0.15) is 0 Å². The van der Waals surface area contributed by atoms with Crippen molar-refractivity contribution in [3.05, 3.63) is 29.8 Å². The topological polar surface area (TPSA) is 50.8 Å². The number of benzene rings is 1. The second kappa shape index (κ2) is 4.28. The van der Waals surface area contributed by atoms with Crippen LogP contribution in [0.1, 0.15) is 12.0 Å². The zero-order chi connectivity index (χ0) is 11.7. The largest absolute Gasteiger partial charge is 0.463 e. The lowest BCUT2D eigenvalue weighted by atomic mass is 10.0. The highest BCUT2D eigenvalue weighted by Crippen LogP contribution is 2.27. The number of hydrogen-bond acceptors (Lipinski definition) is 4. The quantitative estimate of drug-likeness (QED) is 0.830. The molecule has 1 atom stereocenters. The predicted molar refractivity (Wildman–Crippen MR) is 68.3 cm³/mol. The second-order valence-corrected chi connectivity index (χ2v) is 4.61. The Morgan fingerprint density at radius 3 is 3.12 bits per heavy atom. The van der Waals surface area contributed by atoms with Crippen LogP contribution in [-0.4, -0.2) is 31.8 Å². The molecule has 2 aliphatic heterocycles. The molecular formula is C13H17N3O. The first kappa shape index (κ1) is 10.4. The first-order valence-corrected chi connectivity index (χ1v) is 6.12. The van der Waals surface area contributed by atoms with Crippen LogP contribution in [0.2, 0.25) is 0 Å². The molecule has 0 saturated carbocycles. The minimum Gasteiger partial charge on any atom is -0.463 e. The maximum absolute atomic E-state index is 5.53. The lowest BCUT2D eigenvalue weighted by molar-refractivity contribution is 0.312. The van der Waals surface area contributed by atoms with Gasteiger partial charge in [-0.1, -0.05) is 18.2 Å². The molecule has 1 aromatic carbocycles. The number of fused-ring (bicyclic) bond motifs is 1. The summed E-state index contributed by atoms with van der Waals surface area (Å²) in [6.07, 6.45) is 2.39. The minimum atomic E-state index is 0.182. The molecule has 2 aliphatic rings. The number of nitrogens with two attached hydrogens (primary N) is 1. The SMILES string of the molecule is NC1=N[C@H](CN2CCCc3ccccc32)CO1. The Morgan fingerprint density at radius 1 is 1.41 bits per heavy atom. The summed E-state index contributed by atoms with van der Waals surface area (Å²) >= 11 is 0. The second-order valence-electron chi connectivity index (χ2n) is 4.61. The number of para-hydroxylation sites is 1. The molecule has 4 heteroatoms. The van der Waals surface area contributed by atoms with Gasteiger partial charge in [0.15, 0.2) is 0 Å². The van der Waals surface area contributed by atoms with Crippen molar-refractivity contribution in [2.75, 3.05) is 24.6 Å². The van der Waals surface area contributed by atoms with E-state index in [0.29, 0.717) is 12.6 Å². The monoisotopic (exact) mass is 231 g/mol. The molecule has 0 saturated heterocycles. The number of aryl methyl sites for hydroxylation is 1. The van der Waals surface area contributed by atoms with Crippen molar-refractivity contribution in [2.24, 2.45) is 10.7 Å². The molecule has 0 radical (unpaired) electrons. The van der Waals surface area contributed by atoms with Crippen molar-refractivity contribution in [2.45, 2.75) is 18.9 Å². The van der Waals surface area contributed by atoms with Gasteiger partial charge in [0.2, 0.25) is 0 Å². The van der Waals surface area contributed by atoms with Crippen molar-refractivity contribution in [1.29, 1.82) is 0 Å². The number of anilines is 1. The molecule has 0 unspecified atom stereocenters. The van der Waals surface area contributed by atoms with Crippen LogP contribution in [-0.2, 0) is 11.2 Å². The molecule has 1 aromatic rings. The fourth-order valence-electron chi connectivity index (χ4n) is 2.59. The van der Waals surface area contributed by atoms with Crippen LogP contribution < -0.4 is 10.6 Å². The van der Waals surface area contributed by atoms with E-state index in [-0.39, 0.29) is 6.04 Å². The molecule has 2 heterocycles. The summed E-state index contributed by atoms with van der Waals surface area (Å²) in [5.74, 6) is 0. The van der Waals surface area contributed by atoms with Crippen molar-refractivity contribution < 1.29 is 4.74 Å². The third kappa shape index (κ3) is 2.07. The number of aliphatic imine (C=N–C) groups is 1. The summed E-state index contributed by atoms with van der Waals surface area (Å²) in [6, 6.07) is 9.13. The highest BCUT2D eigenvalue weighted by Gasteiger charge is 2.23. The van der Waals surface area contributed by atoms with Gasteiger partial charge in [0.1, 0.15) is 12.6 Å².